The van der Waals surface area contributed by atoms with E-state index in [2.05, 4.69) is 0 Å². The summed E-state index contributed by atoms with van der Waals surface area (Å²) in [4.78, 5) is 13.1. The minimum Gasteiger partial charge on any atom is -0.345 e. The van der Waals surface area contributed by atoms with Gasteiger partial charge in [-0.15, -0.1) is 0 Å². The molecule has 1 amide bonds. The zero-order valence-corrected chi connectivity index (χ0v) is 7.75. The Morgan fingerprint density at radius 1 is 1.58 bits per heavy atom. The lowest BCUT2D eigenvalue weighted by molar-refractivity contribution is -0.130. The molecule has 3 nitrogen and oxygen atoms in total. The molecule has 0 aromatic heterocycles. The van der Waals surface area contributed by atoms with Crippen LogP contribution in [-0.2, 0) is 4.79 Å². The van der Waals surface area contributed by atoms with Gasteiger partial charge in [0.05, 0.1) is 0 Å². The monoisotopic (exact) mass is 170 g/mol. The molecule has 1 aliphatic carbocycles. The third-order valence-electron chi connectivity index (χ3n) is 2.54. The average molecular weight is 170 g/mol. The highest BCUT2D eigenvalue weighted by Crippen LogP contribution is 2.26. The molecule has 0 unspecified atom stereocenters. The van der Waals surface area contributed by atoms with Crippen LogP contribution in [0.4, 0.5) is 0 Å². The molecule has 0 radical (unpaired) electrons. The first-order valence-corrected chi connectivity index (χ1v) is 4.68. The summed E-state index contributed by atoms with van der Waals surface area (Å²) >= 11 is 0. The summed E-state index contributed by atoms with van der Waals surface area (Å²) in [6.45, 7) is 1.40. The predicted molar refractivity (Wildman–Crippen MR) is 48.6 cm³/mol. The number of amides is 1. The van der Waals surface area contributed by atoms with Gasteiger partial charge in [0.1, 0.15) is 0 Å². The van der Waals surface area contributed by atoms with Gasteiger partial charge in [-0.05, 0) is 18.8 Å². The molecule has 1 aliphatic rings. The molecule has 0 aromatic carbocycles. The van der Waals surface area contributed by atoms with Crippen molar-refractivity contribution in [2.45, 2.75) is 25.7 Å². The first-order valence-electron chi connectivity index (χ1n) is 4.68. The normalized spacial score (nSPS) is 17.2. The largest absolute Gasteiger partial charge is 0.345 e. The molecule has 0 aliphatic heterocycles. The number of nitrogens with zero attached hydrogens (tertiary/aromatic N) is 1. The third kappa shape index (κ3) is 2.48. The summed E-state index contributed by atoms with van der Waals surface area (Å²) in [7, 11) is 1.87. The molecular formula is C9H18N2O. The Morgan fingerprint density at radius 2 is 2.25 bits per heavy atom. The van der Waals surface area contributed by atoms with Gasteiger partial charge in [0.15, 0.2) is 0 Å². The number of hydrogen-bond acceptors (Lipinski definition) is 2. The van der Waals surface area contributed by atoms with Gasteiger partial charge in [-0.1, -0.05) is 6.42 Å². The van der Waals surface area contributed by atoms with Gasteiger partial charge < -0.3 is 10.6 Å². The smallest absolute Gasteiger partial charge is 0.223 e. The topological polar surface area (TPSA) is 46.3 Å². The lowest BCUT2D eigenvalue weighted by atomic mass is 9.85. The Balaban J connectivity index is 2.16. The molecule has 0 aromatic rings. The molecule has 0 heterocycles. The SMILES string of the molecule is CN(CC1CCC1)C(=O)CCN. The Hall–Kier alpha value is -0.570. The van der Waals surface area contributed by atoms with Crippen molar-refractivity contribution in [1.29, 1.82) is 0 Å². The summed E-state index contributed by atoms with van der Waals surface area (Å²) in [5.74, 6) is 0.945. The van der Waals surface area contributed by atoms with Crippen LogP contribution >= 0.6 is 0 Å². The Kier molecular flexibility index (Phi) is 3.53. The molecule has 2 N–H and O–H groups in total. The van der Waals surface area contributed by atoms with Gasteiger partial charge in [0, 0.05) is 26.6 Å². The van der Waals surface area contributed by atoms with Crippen LogP contribution in [0.2, 0.25) is 0 Å². The van der Waals surface area contributed by atoms with E-state index >= 15 is 0 Å². The van der Waals surface area contributed by atoms with Crippen LogP contribution in [-0.4, -0.2) is 30.9 Å². The van der Waals surface area contributed by atoms with Crippen LogP contribution in [0.1, 0.15) is 25.7 Å². The van der Waals surface area contributed by atoms with E-state index in [1.165, 1.54) is 19.3 Å². The summed E-state index contributed by atoms with van der Waals surface area (Å²) in [5, 5.41) is 0. The lowest BCUT2D eigenvalue weighted by Crippen LogP contribution is -2.35. The number of nitrogens with two attached hydrogens (primary N) is 1. The molecule has 3 heteroatoms. The summed E-state index contributed by atoms with van der Waals surface area (Å²) in [6.07, 6.45) is 4.41. The fraction of sp³-hybridized carbons (Fsp3) is 0.889. The predicted octanol–water partition coefficient (Wildman–Crippen LogP) is 0.594. The summed E-state index contributed by atoms with van der Waals surface area (Å²) in [6, 6.07) is 0. The quantitative estimate of drug-likeness (QED) is 0.671. The van der Waals surface area contributed by atoms with Crippen molar-refractivity contribution in [1.82, 2.24) is 4.90 Å². The minimum atomic E-state index is 0.185. The number of rotatable bonds is 4. The summed E-state index contributed by atoms with van der Waals surface area (Å²) in [5.41, 5.74) is 5.30. The van der Waals surface area contributed by atoms with E-state index < -0.39 is 0 Å². The Bertz CT molecular complexity index is 155. The molecule has 70 valence electrons. The molecular weight excluding hydrogens is 152 g/mol. The van der Waals surface area contributed by atoms with E-state index in [0.29, 0.717) is 13.0 Å². The Morgan fingerprint density at radius 3 is 2.67 bits per heavy atom. The van der Waals surface area contributed by atoms with Gasteiger partial charge in [0.2, 0.25) is 5.91 Å². The number of carbonyl (C=O) groups is 1. The van der Waals surface area contributed by atoms with Crippen LogP contribution in [0.25, 0.3) is 0 Å². The van der Waals surface area contributed by atoms with E-state index in [-0.39, 0.29) is 5.91 Å². The second-order valence-electron chi connectivity index (χ2n) is 3.61. The molecule has 0 spiro atoms. The van der Waals surface area contributed by atoms with E-state index in [4.69, 9.17) is 5.73 Å². The highest BCUT2D eigenvalue weighted by Gasteiger charge is 2.20. The molecule has 0 bridgehead atoms. The fourth-order valence-electron chi connectivity index (χ4n) is 1.48. The van der Waals surface area contributed by atoms with E-state index in [9.17, 15) is 4.79 Å². The van der Waals surface area contributed by atoms with Crippen molar-refractivity contribution in [3.63, 3.8) is 0 Å². The van der Waals surface area contributed by atoms with Crippen molar-refractivity contribution in [3.8, 4) is 0 Å². The first kappa shape index (κ1) is 9.52. The van der Waals surface area contributed by atoms with E-state index in [1.807, 2.05) is 11.9 Å². The second-order valence-corrected chi connectivity index (χ2v) is 3.61. The van der Waals surface area contributed by atoms with Crippen LogP contribution in [0.5, 0.6) is 0 Å². The van der Waals surface area contributed by atoms with Gasteiger partial charge in [-0.25, -0.2) is 0 Å². The Labute approximate surface area is 73.9 Å². The van der Waals surface area contributed by atoms with Crippen molar-refractivity contribution >= 4 is 5.91 Å². The average Bonchev–Trinajstić information content (AvgIpc) is 1.97. The van der Waals surface area contributed by atoms with Gasteiger partial charge in [-0.2, -0.15) is 0 Å². The van der Waals surface area contributed by atoms with Gasteiger partial charge in [0.25, 0.3) is 0 Å². The first-order chi connectivity index (χ1) is 5.74. The maximum absolute atomic E-state index is 11.3. The number of hydrogen-bond donors (Lipinski definition) is 1. The van der Waals surface area contributed by atoms with Crippen molar-refractivity contribution in [3.05, 3.63) is 0 Å². The lowest BCUT2D eigenvalue weighted by Gasteiger charge is -2.30. The van der Waals surface area contributed by atoms with Gasteiger partial charge >= 0.3 is 0 Å². The maximum atomic E-state index is 11.3. The molecule has 12 heavy (non-hydrogen) atoms. The van der Waals surface area contributed by atoms with Crippen LogP contribution in [0.15, 0.2) is 0 Å². The standard InChI is InChI=1S/C9H18N2O/c1-11(9(12)5-6-10)7-8-3-2-4-8/h8H,2-7,10H2,1H3. The van der Waals surface area contributed by atoms with Crippen LogP contribution in [0.3, 0.4) is 0 Å². The molecule has 1 saturated carbocycles. The fourth-order valence-corrected chi connectivity index (χ4v) is 1.48. The highest BCUT2D eigenvalue weighted by molar-refractivity contribution is 5.76. The third-order valence-corrected chi connectivity index (χ3v) is 2.54. The van der Waals surface area contributed by atoms with Crippen molar-refractivity contribution in [2.24, 2.45) is 11.7 Å². The van der Waals surface area contributed by atoms with E-state index in [0.717, 1.165) is 12.5 Å². The van der Waals surface area contributed by atoms with E-state index in [1.54, 1.807) is 0 Å². The maximum Gasteiger partial charge on any atom is 0.223 e. The van der Waals surface area contributed by atoms with Crippen LogP contribution < -0.4 is 5.73 Å². The molecule has 0 atom stereocenters. The van der Waals surface area contributed by atoms with Gasteiger partial charge in [-0.3, -0.25) is 4.79 Å². The molecule has 0 saturated heterocycles. The minimum absolute atomic E-state index is 0.185. The zero-order chi connectivity index (χ0) is 8.97. The molecule has 1 rings (SSSR count). The zero-order valence-electron chi connectivity index (χ0n) is 7.75. The molecule has 1 fully saturated rings. The van der Waals surface area contributed by atoms with Crippen molar-refractivity contribution < 1.29 is 4.79 Å². The van der Waals surface area contributed by atoms with Crippen molar-refractivity contribution in [2.75, 3.05) is 20.1 Å². The van der Waals surface area contributed by atoms with Crippen LogP contribution in [0, 0.1) is 5.92 Å². The summed E-state index contributed by atoms with van der Waals surface area (Å²) < 4.78 is 0. The number of carbonyl (C=O) groups excluding carboxylic acids is 1. The highest BCUT2D eigenvalue weighted by atomic mass is 16.2. The second kappa shape index (κ2) is 4.45.